The van der Waals surface area contributed by atoms with Crippen LogP contribution in [0.1, 0.15) is 15.4 Å². The number of benzene rings is 2. The summed E-state index contributed by atoms with van der Waals surface area (Å²) in [5, 5.41) is 13.7. The van der Waals surface area contributed by atoms with Crippen molar-refractivity contribution < 1.29 is 14.1 Å². The number of fused-ring (bicyclic) bond motifs is 1. The number of rotatable bonds is 4. The lowest BCUT2D eigenvalue weighted by molar-refractivity contribution is -0.383. The molecule has 1 N–H and O–H groups in total. The molecule has 140 valence electrons. The SMILES string of the molecule is Cc1c(C(=O)Nc2ccccc2[N+](=O)[O-])sc2nc(-c3ccc(F)cc3)cn12. The molecule has 0 saturated heterocycles. The van der Waals surface area contributed by atoms with E-state index < -0.39 is 10.8 Å². The molecule has 0 fully saturated rings. The Balaban J connectivity index is 1.65. The lowest BCUT2D eigenvalue weighted by Gasteiger charge is -2.05. The normalized spacial score (nSPS) is 10.9. The van der Waals surface area contributed by atoms with Gasteiger partial charge in [-0.2, -0.15) is 0 Å². The number of para-hydroxylation sites is 2. The van der Waals surface area contributed by atoms with Crippen molar-refractivity contribution in [2.75, 3.05) is 5.32 Å². The molecule has 0 aliphatic heterocycles. The summed E-state index contributed by atoms with van der Waals surface area (Å²) < 4.78 is 14.9. The number of hydrogen-bond acceptors (Lipinski definition) is 5. The zero-order valence-electron chi connectivity index (χ0n) is 14.5. The maximum absolute atomic E-state index is 13.1. The molecule has 0 saturated carbocycles. The van der Waals surface area contributed by atoms with Crippen molar-refractivity contribution in [2.24, 2.45) is 0 Å². The average Bonchev–Trinajstić information content (AvgIpc) is 3.22. The Labute approximate surface area is 162 Å². The number of aryl methyl sites for hydroxylation is 1. The first-order valence-electron chi connectivity index (χ1n) is 8.23. The van der Waals surface area contributed by atoms with Gasteiger partial charge in [0.15, 0.2) is 4.96 Å². The monoisotopic (exact) mass is 396 g/mol. The van der Waals surface area contributed by atoms with Gasteiger partial charge in [0.05, 0.1) is 10.6 Å². The second-order valence-electron chi connectivity index (χ2n) is 6.03. The van der Waals surface area contributed by atoms with Crippen molar-refractivity contribution >= 4 is 33.6 Å². The van der Waals surface area contributed by atoms with Crippen molar-refractivity contribution in [1.82, 2.24) is 9.38 Å². The maximum Gasteiger partial charge on any atom is 0.292 e. The van der Waals surface area contributed by atoms with Crippen molar-refractivity contribution in [2.45, 2.75) is 6.92 Å². The minimum absolute atomic E-state index is 0.134. The highest BCUT2D eigenvalue weighted by Gasteiger charge is 2.21. The van der Waals surface area contributed by atoms with Gasteiger partial charge in [0.25, 0.3) is 11.6 Å². The molecule has 0 unspecified atom stereocenters. The number of imidazole rings is 1. The number of anilines is 1. The smallest absolute Gasteiger partial charge is 0.292 e. The first kappa shape index (κ1) is 17.8. The molecule has 0 radical (unpaired) electrons. The number of thiazole rings is 1. The summed E-state index contributed by atoms with van der Waals surface area (Å²) in [7, 11) is 0. The van der Waals surface area contributed by atoms with E-state index in [1.165, 1.54) is 41.7 Å². The predicted molar refractivity (Wildman–Crippen MR) is 104 cm³/mol. The van der Waals surface area contributed by atoms with Gasteiger partial charge in [-0.1, -0.05) is 23.5 Å². The van der Waals surface area contributed by atoms with Crippen LogP contribution in [0.5, 0.6) is 0 Å². The number of carbonyl (C=O) groups is 1. The van der Waals surface area contributed by atoms with Gasteiger partial charge in [-0.15, -0.1) is 0 Å². The van der Waals surface area contributed by atoms with Gasteiger partial charge in [0.1, 0.15) is 16.4 Å². The zero-order chi connectivity index (χ0) is 19.8. The Morgan fingerprint density at radius 3 is 2.61 bits per heavy atom. The highest BCUT2D eigenvalue weighted by atomic mass is 32.1. The van der Waals surface area contributed by atoms with E-state index in [2.05, 4.69) is 10.3 Å². The van der Waals surface area contributed by atoms with Gasteiger partial charge >= 0.3 is 0 Å². The van der Waals surface area contributed by atoms with E-state index in [-0.39, 0.29) is 17.2 Å². The number of nitro benzene ring substituents is 1. The molecule has 2 heterocycles. The third kappa shape index (κ3) is 3.12. The van der Waals surface area contributed by atoms with Crippen molar-refractivity contribution in [3.05, 3.63) is 81.2 Å². The Kier molecular flexibility index (Phi) is 4.36. The number of aromatic nitrogens is 2. The number of nitrogens with zero attached hydrogens (tertiary/aromatic N) is 3. The molecule has 2 aromatic carbocycles. The molecule has 4 aromatic rings. The van der Waals surface area contributed by atoms with Gasteiger partial charge in [0, 0.05) is 23.5 Å². The highest BCUT2D eigenvalue weighted by Crippen LogP contribution is 2.29. The second-order valence-corrected chi connectivity index (χ2v) is 7.01. The van der Waals surface area contributed by atoms with Crippen LogP contribution in [0.3, 0.4) is 0 Å². The molecule has 0 atom stereocenters. The van der Waals surface area contributed by atoms with Gasteiger partial charge in [0.2, 0.25) is 0 Å². The Hall–Kier alpha value is -3.59. The first-order valence-corrected chi connectivity index (χ1v) is 9.05. The molecule has 0 spiro atoms. The molecule has 9 heteroatoms. The largest absolute Gasteiger partial charge is 0.315 e. The van der Waals surface area contributed by atoms with Crippen molar-refractivity contribution in [1.29, 1.82) is 0 Å². The van der Waals surface area contributed by atoms with Gasteiger partial charge in [-0.3, -0.25) is 19.3 Å². The summed E-state index contributed by atoms with van der Waals surface area (Å²) in [6.45, 7) is 1.77. The number of hydrogen-bond donors (Lipinski definition) is 1. The third-order valence-electron chi connectivity index (χ3n) is 4.25. The molecular formula is C19H13FN4O3S. The van der Waals surface area contributed by atoms with Gasteiger partial charge < -0.3 is 5.32 Å². The van der Waals surface area contributed by atoms with E-state index >= 15 is 0 Å². The third-order valence-corrected chi connectivity index (χ3v) is 5.41. The van der Waals surface area contributed by atoms with E-state index in [4.69, 9.17) is 0 Å². The van der Waals surface area contributed by atoms with E-state index in [1.54, 1.807) is 35.7 Å². The quantitative estimate of drug-likeness (QED) is 0.401. The highest BCUT2D eigenvalue weighted by molar-refractivity contribution is 7.19. The standard InChI is InChI=1S/C19H13FN4O3S/c1-11-17(18(25)21-14-4-2-3-5-16(14)24(26)27)28-19-22-15(10-23(11)19)12-6-8-13(20)9-7-12/h2-10H,1H3,(H,21,25). The Morgan fingerprint density at radius 2 is 1.93 bits per heavy atom. The van der Waals surface area contributed by atoms with Crippen LogP contribution >= 0.6 is 11.3 Å². The summed E-state index contributed by atoms with van der Waals surface area (Å²) in [4.78, 5) is 28.7. The maximum atomic E-state index is 13.1. The van der Waals surface area contributed by atoms with E-state index in [0.717, 1.165) is 5.56 Å². The number of halogens is 1. The molecule has 0 aliphatic carbocycles. The van der Waals surface area contributed by atoms with Crippen LogP contribution in [0.15, 0.2) is 54.7 Å². The minimum Gasteiger partial charge on any atom is -0.315 e. The zero-order valence-corrected chi connectivity index (χ0v) is 15.4. The van der Waals surface area contributed by atoms with E-state index in [1.807, 2.05) is 0 Å². The topological polar surface area (TPSA) is 89.5 Å². The average molecular weight is 396 g/mol. The Morgan fingerprint density at radius 1 is 1.21 bits per heavy atom. The second kappa shape index (κ2) is 6.86. The van der Waals surface area contributed by atoms with E-state index in [9.17, 15) is 19.3 Å². The molecule has 28 heavy (non-hydrogen) atoms. The fourth-order valence-corrected chi connectivity index (χ4v) is 3.84. The summed E-state index contributed by atoms with van der Waals surface area (Å²) in [6, 6.07) is 12.0. The van der Waals surface area contributed by atoms with Gasteiger partial charge in [-0.05, 0) is 37.3 Å². The van der Waals surface area contributed by atoms with Crippen LogP contribution in [-0.4, -0.2) is 20.2 Å². The first-order chi connectivity index (χ1) is 13.4. The summed E-state index contributed by atoms with van der Waals surface area (Å²) in [6.07, 6.45) is 1.77. The lowest BCUT2D eigenvalue weighted by Crippen LogP contribution is -2.13. The van der Waals surface area contributed by atoms with Crippen LogP contribution in [0.2, 0.25) is 0 Å². The van der Waals surface area contributed by atoms with Crippen LogP contribution in [0, 0.1) is 22.9 Å². The fraction of sp³-hybridized carbons (Fsp3) is 0.0526. The number of nitro groups is 1. The van der Waals surface area contributed by atoms with Crippen LogP contribution in [0.4, 0.5) is 15.8 Å². The summed E-state index contributed by atoms with van der Waals surface area (Å²) in [5.41, 5.74) is 2.06. The molecule has 1 amide bonds. The number of nitrogens with one attached hydrogen (secondary N) is 1. The van der Waals surface area contributed by atoms with Crippen LogP contribution in [0.25, 0.3) is 16.2 Å². The lowest BCUT2D eigenvalue weighted by atomic mass is 10.2. The fourth-order valence-electron chi connectivity index (χ4n) is 2.84. The Bertz CT molecular complexity index is 1210. The molecule has 0 aliphatic rings. The summed E-state index contributed by atoms with van der Waals surface area (Å²) in [5.74, 6) is -0.763. The van der Waals surface area contributed by atoms with E-state index in [0.29, 0.717) is 21.2 Å². The van der Waals surface area contributed by atoms with Crippen LogP contribution < -0.4 is 5.32 Å². The molecule has 7 nitrogen and oxygen atoms in total. The minimum atomic E-state index is -0.543. The molecule has 0 bridgehead atoms. The van der Waals surface area contributed by atoms with Crippen molar-refractivity contribution in [3.8, 4) is 11.3 Å². The van der Waals surface area contributed by atoms with Gasteiger partial charge in [-0.25, -0.2) is 9.37 Å². The molecular weight excluding hydrogens is 383 g/mol. The van der Waals surface area contributed by atoms with Crippen LogP contribution in [-0.2, 0) is 0 Å². The summed E-state index contributed by atoms with van der Waals surface area (Å²) >= 11 is 1.18. The predicted octanol–water partition coefficient (Wildman–Crippen LogP) is 4.67. The number of amides is 1. The number of carbonyl (C=O) groups excluding carboxylic acids is 1. The molecule has 4 rings (SSSR count). The molecule has 2 aromatic heterocycles. The van der Waals surface area contributed by atoms with Crippen molar-refractivity contribution in [3.63, 3.8) is 0 Å².